The summed E-state index contributed by atoms with van der Waals surface area (Å²) in [4.78, 5) is 23.2. The molecule has 0 spiro atoms. The van der Waals surface area contributed by atoms with Crippen LogP contribution < -0.4 is 11.3 Å². The van der Waals surface area contributed by atoms with E-state index in [1.807, 2.05) is 55.9 Å². The molecule has 0 fully saturated rings. The highest BCUT2D eigenvalue weighted by molar-refractivity contribution is 5.88. The van der Waals surface area contributed by atoms with Crippen LogP contribution in [0.5, 0.6) is 0 Å². The second-order valence-electron chi connectivity index (χ2n) is 7.05. The summed E-state index contributed by atoms with van der Waals surface area (Å²) in [5, 5.41) is 5.47. The Morgan fingerprint density at radius 2 is 1.94 bits per heavy atom. The van der Waals surface area contributed by atoms with Gasteiger partial charge in [-0.05, 0) is 38.1 Å². The van der Waals surface area contributed by atoms with Crippen LogP contribution in [0.25, 0.3) is 27.8 Å². The van der Waals surface area contributed by atoms with Crippen molar-refractivity contribution in [3.8, 4) is 11.3 Å². The van der Waals surface area contributed by atoms with E-state index in [9.17, 15) is 4.79 Å². The van der Waals surface area contributed by atoms with Gasteiger partial charge in [-0.25, -0.2) is 14.6 Å². The molecule has 8 heteroatoms. The summed E-state index contributed by atoms with van der Waals surface area (Å²) >= 11 is 0. The summed E-state index contributed by atoms with van der Waals surface area (Å²) in [6.45, 7) is 7.97. The van der Waals surface area contributed by atoms with Crippen LogP contribution in [0.1, 0.15) is 38.1 Å². The molecule has 5 aromatic heterocycles. The molecule has 0 aromatic carbocycles. The third-order valence-corrected chi connectivity index (χ3v) is 5.27. The van der Waals surface area contributed by atoms with Gasteiger partial charge in [-0.1, -0.05) is 19.9 Å². The Kier molecular flexibility index (Phi) is 5.29. The van der Waals surface area contributed by atoms with Crippen molar-refractivity contribution in [2.75, 3.05) is 5.73 Å². The molecule has 1 unspecified atom stereocenters. The molecule has 0 saturated carbocycles. The minimum Gasteiger partial charge on any atom is -0.383 e. The molecular formula is C23H25N7O. The van der Waals surface area contributed by atoms with Gasteiger partial charge >= 0.3 is 0 Å². The Labute approximate surface area is 179 Å². The number of aryl methyl sites for hydroxylation is 1. The second-order valence-corrected chi connectivity index (χ2v) is 7.05. The minimum absolute atomic E-state index is 0.144. The molecule has 0 aliphatic rings. The first kappa shape index (κ1) is 20.3. The molecule has 1 atom stereocenters. The summed E-state index contributed by atoms with van der Waals surface area (Å²) in [6, 6.07) is 11.5. The van der Waals surface area contributed by atoms with Gasteiger partial charge in [0, 0.05) is 35.1 Å². The molecule has 0 bridgehead atoms. The van der Waals surface area contributed by atoms with E-state index in [1.165, 1.54) is 6.33 Å². The number of nitrogens with zero attached hydrogens (tertiary/aromatic N) is 5. The Hall–Kier alpha value is -3.94. The number of H-pyrrole nitrogens is 1. The SMILES string of the molecule is CC.Cc1nn(C(C)c2cc3ccccn3c2-c2cc[nH]c(=O)c2)c2ncnc(N)c12. The Bertz CT molecular complexity index is 1430. The lowest BCUT2D eigenvalue weighted by Crippen LogP contribution is -2.11. The number of hydrogen-bond donors (Lipinski definition) is 2. The zero-order valence-electron chi connectivity index (χ0n) is 18.0. The number of aromatic amines is 1. The number of hydrogen-bond acceptors (Lipinski definition) is 5. The molecule has 0 saturated heterocycles. The highest BCUT2D eigenvalue weighted by atomic mass is 16.1. The number of nitrogens with two attached hydrogens (primary N) is 1. The third-order valence-electron chi connectivity index (χ3n) is 5.27. The molecule has 158 valence electrons. The molecule has 3 N–H and O–H groups in total. The van der Waals surface area contributed by atoms with E-state index in [4.69, 9.17) is 10.8 Å². The van der Waals surface area contributed by atoms with Crippen LogP contribution in [0.3, 0.4) is 0 Å². The molecule has 5 heterocycles. The molecule has 8 nitrogen and oxygen atoms in total. The molecule has 0 aliphatic heterocycles. The maximum Gasteiger partial charge on any atom is 0.248 e. The van der Waals surface area contributed by atoms with Crippen molar-refractivity contribution < 1.29 is 0 Å². The van der Waals surface area contributed by atoms with Gasteiger partial charge in [-0.15, -0.1) is 0 Å². The first-order valence-electron chi connectivity index (χ1n) is 10.3. The van der Waals surface area contributed by atoms with Gasteiger partial charge in [0.2, 0.25) is 5.56 Å². The summed E-state index contributed by atoms with van der Waals surface area (Å²) in [7, 11) is 0. The Balaban J connectivity index is 0.00000112. The van der Waals surface area contributed by atoms with Crippen LogP contribution in [0.4, 0.5) is 5.82 Å². The van der Waals surface area contributed by atoms with E-state index >= 15 is 0 Å². The predicted octanol–water partition coefficient (Wildman–Crippen LogP) is 3.96. The van der Waals surface area contributed by atoms with E-state index in [0.29, 0.717) is 11.5 Å². The second kappa shape index (κ2) is 8.06. The molecule has 31 heavy (non-hydrogen) atoms. The molecule has 5 aromatic rings. The smallest absolute Gasteiger partial charge is 0.248 e. The van der Waals surface area contributed by atoms with Crippen molar-refractivity contribution in [1.82, 2.24) is 29.1 Å². The van der Waals surface area contributed by atoms with Crippen molar-refractivity contribution in [3.63, 3.8) is 0 Å². The summed E-state index contributed by atoms with van der Waals surface area (Å²) in [5.74, 6) is 0.419. The lowest BCUT2D eigenvalue weighted by atomic mass is 10.0. The number of nitrogens with one attached hydrogen (secondary N) is 1. The topological polar surface area (TPSA) is 107 Å². The largest absolute Gasteiger partial charge is 0.383 e. The van der Waals surface area contributed by atoms with Crippen molar-refractivity contribution in [3.05, 3.63) is 76.7 Å². The van der Waals surface area contributed by atoms with Gasteiger partial charge in [0.05, 0.1) is 22.8 Å². The number of aromatic nitrogens is 6. The normalized spacial score (nSPS) is 12.0. The lowest BCUT2D eigenvalue weighted by Gasteiger charge is -2.15. The van der Waals surface area contributed by atoms with Gasteiger partial charge in [0.25, 0.3) is 0 Å². The summed E-state index contributed by atoms with van der Waals surface area (Å²) in [5.41, 5.74) is 11.2. The van der Waals surface area contributed by atoms with Crippen LogP contribution in [-0.2, 0) is 0 Å². The molecule has 5 rings (SSSR count). The van der Waals surface area contributed by atoms with Gasteiger partial charge in [0.1, 0.15) is 12.1 Å². The highest BCUT2D eigenvalue weighted by Crippen LogP contribution is 2.34. The van der Waals surface area contributed by atoms with E-state index < -0.39 is 0 Å². The fourth-order valence-electron chi connectivity index (χ4n) is 3.93. The average molecular weight is 416 g/mol. The standard InChI is InChI=1S/C21H19N7O.C2H6/c1-12-18-20(22)24-11-25-21(18)28(26-12)13(2)16-10-15-5-3-4-8-27(15)19(16)14-6-7-23-17(29)9-14;1-2/h3-11,13H,1-2H3,(H,23,29)(H2,22,24,25);1-2H3. The molecule has 0 aliphatic carbocycles. The maximum absolute atomic E-state index is 12.0. The van der Waals surface area contributed by atoms with Gasteiger partial charge < -0.3 is 15.1 Å². The van der Waals surface area contributed by atoms with Crippen LogP contribution in [0.15, 0.2) is 59.9 Å². The van der Waals surface area contributed by atoms with E-state index in [-0.39, 0.29) is 11.6 Å². The number of anilines is 1. The predicted molar refractivity (Wildman–Crippen MR) is 123 cm³/mol. The Morgan fingerprint density at radius 3 is 2.71 bits per heavy atom. The number of nitrogen functional groups attached to an aromatic ring is 1. The fourth-order valence-corrected chi connectivity index (χ4v) is 3.93. The van der Waals surface area contributed by atoms with Gasteiger partial charge in [-0.2, -0.15) is 5.10 Å². The third kappa shape index (κ3) is 3.35. The average Bonchev–Trinajstić information content (AvgIpc) is 3.34. The lowest BCUT2D eigenvalue weighted by molar-refractivity contribution is 0.576. The minimum atomic E-state index is -0.145. The fraction of sp³-hybridized carbons (Fsp3) is 0.217. The number of fused-ring (bicyclic) bond motifs is 2. The van der Waals surface area contributed by atoms with Crippen LogP contribution in [0, 0.1) is 6.92 Å². The van der Waals surface area contributed by atoms with E-state index in [1.54, 1.807) is 12.3 Å². The monoisotopic (exact) mass is 415 g/mol. The van der Waals surface area contributed by atoms with Crippen molar-refractivity contribution in [1.29, 1.82) is 0 Å². The Morgan fingerprint density at radius 1 is 1.13 bits per heavy atom. The number of rotatable bonds is 3. The molecular weight excluding hydrogens is 390 g/mol. The molecule has 0 radical (unpaired) electrons. The van der Waals surface area contributed by atoms with Crippen LogP contribution >= 0.6 is 0 Å². The quantitative estimate of drug-likeness (QED) is 0.464. The van der Waals surface area contributed by atoms with Crippen molar-refractivity contribution in [2.45, 2.75) is 33.7 Å². The van der Waals surface area contributed by atoms with Crippen LogP contribution in [0.2, 0.25) is 0 Å². The molecule has 0 amide bonds. The van der Waals surface area contributed by atoms with E-state index in [0.717, 1.165) is 33.4 Å². The zero-order chi connectivity index (χ0) is 22.1. The summed E-state index contributed by atoms with van der Waals surface area (Å²) < 4.78 is 3.96. The first-order chi connectivity index (χ1) is 15.0. The van der Waals surface area contributed by atoms with Crippen LogP contribution in [-0.4, -0.2) is 29.1 Å². The van der Waals surface area contributed by atoms with Crippen molar-refractivity contribution in [2.24, 2.45) is 0 Å². The zero-order valence-corrected chi connectivity index (χ0v) is 18.0. The van der Waals surface area contributed by atoms with E-state index in [2.05, 4.69) is 32.3 Å². The van der Waals surface area contributed by atoms with Gasteiger partial charge in [-0.3, -0.25) is 4.79 Å². The number of pyridine rings is 2. The first-order valence-corrected chi connectivity index (χ1v) is 10.3. The van der Waals surface area contributed by atoms with Gasteiger partial charge in [0.15, 0.2) is 5.65 Å². The summed E-state index contributed by atoms with van der Waals surface area (Å²) in [6.07, 6.45) is 5.11. The van der Waals surface area contributed by atoms with Crippen molar-refractivity contribution >= 4 is 22.4 Å². The highest BCUT2D eigenvalue weighted by Gasteiger charge is 2.23. The maximum atomic E-state index is 12.0.